The molecule has 3 aromatic rings. The highest BCUT2D eigenvalue weighted by Gasteiger charge is 2.22. The minimum Gasteiger partial charge on any atom is -0.351 e. The normalized spacial score (nSPS) is 14.5. The molecule has 1 amide bonds. The fourth-order valence-corrected chi connectivity index (χ4v) is 5.00. The van der Waals surface area contributed by atoms with Crippen LogP contribution < -0.4 is 10.2 Å². The number of nitrogens with one attached hydrogen (secondary N) is 1. The molecule has 1 aliphatic rings. The van der Waals surface area contributed by atoms with Gasteiger partial charge in [0.15, 0.2) is 0 Å². The van der Waals surface area contributed by atoms with Gasteiger partial charge in [-0.2, -0.15) is 0 Å². The SMILES string of the molecule is CC(CNC(=O)c1ccc(N2CCSc3ncccc32)s1)c1ccccc1. The molecule has 4 nitrogen and oxygen atoms in total. The third-order valence-electron chi connectivity index (χ3n) is 4.61. The molecule has 0 saturated heterocycles. The maximum Gasteiger partial charge on any atom is 0.261 e. The third kappa shape index (κ3) is 4.01. The van der Waals surface area contributed by atoms with Gasteiger partial charge in [-0.25, -0.2) is 4.98 Å². The van der Waals surface area contributed by atoms with Gasteiger partial charge in [0.1, 0.15) is 5.03 Å². The number of fused-ring (bicyclic) bond motifs is 1. The van der Waals surface area contributed by atoms with Crippen LogP contribution in [0.1, 0.15) is 28.1 Å². The van der Waals surface area contributed by atoms with Gasteiger partial charge in [0.05, 0.1) is 15.6 Å². The van der Waals surface area contributed by atoms with Gasteiger partial charge in [-0.1, -0.05) is 37.3 Å². The number of hydrogen-bond acceptors (Lipinski definition) is 5. The second-order valence-corrected chi connectivity index (χ2v) is 8.63. The number of hydrogen-bond donors (Lipinski definition) is 1. The van der Waals surface area contributed by atoms with Gasteiger partial charge in [0.2, 0.25) is 0 Å². The van der Waals surface area contributed by atoms with Crippen molar-refractivity contribution in [1.29, 1.82) is 0 Å². The molecule has 0 spiro atoms. The number of rotatable bonds is 5. The number of thiophene rings is 1. The van der Waals surface area contributed by atoms with Crippen LogP contribution in [0.15, 0.2) is 65.8 Å². The molecule has 1 unspecified atom stereocenters. The van der Waals surface area contributed by atoms with Crippen molar-refractivity contribution in [2.75, 3.05) is 23.7 Å². The standard InChI is InChI=1S/C21H21N3OS2/c1-15(16-6-3-2-4-7-16)14-23-20(25)18-9-10-19(27-18)24-12-13-26-21-17(24)8-5-11-22-21/h2-11,15H,12-14H2,1H3,(H,23,25). The highest BCUT2D eigenvalue weighted by molar-refractivity contribution is 7.99. The van der Waals surface area contributed by atoms with Gasteiger partial charge in [0.25, 0.3) is 5.91 Å². The van der Waals surface area contributed by atoms with Crippen LogP contribution in [0, 0.1) is 0 Å². The van der Waals surface area contributed by atoms with Crippen LogP contribution in [0.2, 0.25) is 0 Å². The molecule has 0 radical (unpaired) electrons. The Bertz CT molecular complexity index is 926. The Kier molecular flexibility index (Phi) is 5.45. The predicted octanol–water partition coefficient (Wildman–Crippen LogP) is 4.92. The molecule has 0 bridgehead atoms. The molecule has 1 aliphatic heterocycles. The molecule has 0 saturated carbocycles. The fourth-order valence-electron chi connectivity index (χ4n) is 3.11. The molecule has 27 heavy (non-hydrogen) atoms. The zero-order valence-corrected chi connectivity index (χ0v) is 16.7. The first-order valence-corrected chi connectivity index (χ1v) is 10.8. The summed E-state index contributed by atoms with van der Waals surface area (Å²) in [7, 11) is 0. The molecule has 0 fully saturated rings. The first kappa shape index (κ1) is 18.1. The summed E-state index contributed by atoms with van der Waals surface area (Å²) in [5.74, 6) is 1.27. The Hall–Kier alpha value is -2.31. The van der Waals surface area contributed by atoms with Crippen LogP contribution >= 0.6 is 23.1 Å². The number of anilines is 2. The van der Waals surface area contributed by atoms with Crippen molar-refractivity contribution in [3.63, 3.8) is 0 Å². The Morgan fingerprint density at radius 3 is 2.89 bits per heavy atom. The summed E-state index contributed by atoms with van der Waals surface area (Å²) in [5, 5.41) is 5.21. The smallest absolute Gasteiger partial charge is 0.261 e. The quantitative estimate of drug-likeness (QED) is 0.666. The van der Waals surface area contributed by atoms with Gasteiger partial charge in [-0.3, -0.25) is 4.79 Å². The van der Waals surface area contributed by atoms with E-state index >= 15 is 0 Å². The van der Waals surface area contributed by atoms with Crippen LogP contribution in [-0.4, -0.2) is 29.7 Å². The van der Waals surface area contributed by atoms with Gasteiger partial charge >= 0.3 is 0 Å². The summed E-state index contributed by atoms with van der Waals surface area (Å²) >= 11 is 3.32. The van der Waals surface area contributed by atoms with E-state index in [1.165, 1.54) is 16.9 Å². The topological polar surface area (TPSA) is 45.2 Å². The fraction of sp³-hybridized carbons (Fsp3) is 0.238. The molecular weight excluding hydrogens is 374 g/mol. The van der Waals surface area contributed by atoms with Crippen molar-refractivity contribution in [3.05, 3.63) is 71.2 Å². The summed E-state index contributed by atoms with van der Waals surface area (Å²) in [6.07, 6.45) is 1.83. The summed E-state index contributed by atoms with van der Waals surface area (Å²) in [6, 6.07) is 18.3. The van der Waals surface area contributed by atoms with E-state index in [0.717, 1.165) is 32.9 Å². The van der Waals surface area contributed by atoms with Gasteiger partial charge < -0.3 is 10.2 Å². The molecule has 2 aromatic heterocycles. The number of benzene rings is 1. The number of thioether (sulfide) groups is 1. The maximum atomic E-state index is 12.6. The average Bonchev–Trinajstić information content (AvgIpc) is 3.22. The molecule has 1 atom stereocenters. The van der Waals surface area contributed by atoms with Gasteiger partial charge in [0, 0.05) is 25.0 Å². The van der Waals surface area contributed by atoms with Crippen LogP contribution in [0.25, 0.3) is 0 Å². The number of carbonyl (C=O) groups is 1. The average molecular weight is 396 g/mol. The van der Waals surface area contributed by atoms with E-state index in [1.807, 2.05) is 42.6 Å². The summed E-state index contributed by atoms with van der Waals surface area (Å²) in [5.41, 5.74) is 2.36. The highest BCUT2D eigenvalue weighted by atomic mass is 32.2. The van der Waals surface area contributed by atoms with E-state index in [4.69, 9.17) is 0 Å². The summed E-state index contributed by atoms with van der Waals surface area (Å²) < 4.78 is 0. The number of pyridine rings is 1. The Morgan fingerprint density at radius 1 is 1.19 bits per heavy atom. The molecule has 138 valence electrons. The Morgan fingerprint density at radius 2 is 2.04 bits per heavy atom. The van der Waals surface area contributed by atoms with E-state index in [1.54, 1.807) is 11.8 Å². The Labute approximate surface area is 167 Å². The number of amides is 1. The summed E-state index contributed by atoms with van der Waals surface area (Å²) in [4.78, 5) is 20.0. The van der Waals surface area contributed by atoms with E-state index in [2.05, 4.69) is 40.3 Å². The third-order valence-corrected chi connectivity index (χ3v) is 6.70. The minimum atomic E-state index is -0.00757. The number of aromatic nitrogens is 1. The van der Waals surface area contributed by atoms with Crippen molar-refractivity contribution in [3.8, 4) is 0 Å². The van der Waals surface area contributed by atoms with Crippen molar-refractivity contribution in [2.24, 2.45) is 0 Å². The van der Waals surface area contributed by atoms with Crippen molar-refractivity contribution >= 4 is 39.7 Å². The second kappa shape index (κ2) is 8.15. The predicted molar refractivity (Wildman–Crippen MR) is 113 cm³/mol. The Balaban J connectivity index is 1.43. The number of nitrogens with zero attached hydrogens (tertiary/aromatic N) is 2. The zero-order chi connectivity index (χ0) is 18.6. The molecule has 6 heteroatoms. The minimum absolute atomic E-state index is 0.00757. The number of carbonyl (C=O) groups excluding carboxylic acids is 1. The molecule has 0 aliphatic carbocycles. The first-order chi connectivity index (χ1) is 13.2. The monoisotopic (exact) mass is 395 g/mol. The molecule has 1 aromatic carbocycles. The van der Waals surface area contributed by atoms with E-state index < -0.39 is 0 Å². The lowest BCUT2D eigenvalue weighted by atomic mass is 10.0. The van der Waals surface area contributed by atoms with Crippen molar-refractivity contribution < 1.29 is 4.79 Å². The van der Waals surface area contributed by atoms with E-state index in [9.17, 15) is 4.79 Å². The molecule has 1 N–H and O–H groups in total. The lowest BCUT2D eigenvalue weighted by molar-refractivity contribution is 0.0955. The lowest BCUT2D eigenvalue weighted by Crippen LogP contribution is -2.26. The molecular formula is C21H21N3OS2. The molecule has 3 heterocycles. The van der Waals surface area contributed by atoms with Crippen LogP contribution in [-0.2, 0) is 0 Å². The van der Waals surface area contributed by atoms with E-state index in [0.29, 0.717) is 6.54 Å². The van der Waals surface area contributed by atoms with Crippen molar-refractivity contribution in [1.82, 2.24) is 10.3 Å². The highest BCUT2D eigenvalue weighted by Crippen LogP contribution is 2.39. The maximum absolute atomic E-state index is 12.6. The second-order valence-electron chi connectivity index (χ2n) is 6.49. The van der Waals surface area contributed by atoms with Gasteiger partial charge in [-0.05, 0) is 35.7 Å². The largest absolute Gasteiger partial charge is 0.351 e. The first-order valence-electron chi connectivity index (χ1n) is 9.00. The van der Waals surface area contributed by atoms with E-state index in [-0.39, 0.29) is 11.8 Å². The van der Waals surface area contributed by atoms with Gasteiger partial charge in [-0.15, -0.1) is 23.1 Å². The summed E-state index contributed by atoms with van der Waals surface area (Å²) in [6.45, 7) is 3.68. The van der Waals surface area contributed by atoms with Crippen molar-refractivity contribution in [2.45, 2.75) is 17.9 Å². The van der Waals surface area contributed by atoms with Crippen LogP contribution in [0.4, 0.5) is 10.7 Å². The molecule has 4 rings (SSSR count). The van der Waals surface area contributed by atoms with Crippen LogP contribution in [0.3, 0.4) is 0 Å². The van der Waals surface area contributed by atoms with Crippen LogP contribution in [0.5, 0.6) is 0 Å². The zero-order valence-electron chi connectivity index (χ0n) is 15.1. The lowest BCUT2D eigenvalue weighted by Gasteiger charge is -2.28.